The Bertz CT molecular complexity index is 1080. The van der Waals surface area contributed by atoms with Crippen LogP contribution in [0, 0.1) is 0 Å². The van der Waals surface area contributed by atoms with Gasteiger partial charge in [0.2, 0.25) is 23.3 Å². The van der Waals surface area contributed by atoms with Crippen molar-refractivity contribution >= 4 is 23.3 Å². The predicted molar refractivity (Wildman–Crippen MR) is 166 cm³/mol. The van der Waals surface area contributed by atoms with Crippen molar-refractivity contribution < 1.29 is 57.4 Å². The molecule has 43 heavy (non-hydrogen) atoms. The molecule has 0 aliphatic rings. The number of ether oxygens (including phenoxy) is 2. The van der Waals surface area contributed by atoms with E-state index in [-0.39, 0.29) is 48.0 Å². The van der Waals surface area contributed by atoms with E-state index in [1.165, 1.54) is 0 Å². The van der Waals surface area contributed by atoms with E-state index in [0.717, 1.165) is 81.9 Å². The highest BCUT2D eigenvalue weighted by molar-refractivity contribution is 5.51. The van der Waals surface area contributed by atoms with Crippen LogP contribution in [0.5, 0.6) is 0 Å². The van der Waals surface area contributed by atoms with Gasteiger partial charge in [0.05, 0.1) is 26.3 Å². The third-order valence-electron chi connectivity index (χ3n) is 7.74. The summed E-state index contributed by atoms with van der Waals surface area (Å²) in [6.07, 6.45) is 10.5. The molecule has 0 radical (unpaired) electrons. The Balaban J connectivity index is 0.00000323. The minimum Gasteiger partial charge on any atom is -1.00 e. The molecule has 8 nitrogen and oxygen atoms in total. The molecule has 0 aromatic carbocycles. The summed E-state index contributed by atoms with van der Waals surface area (Å²) in [4.78, 5) is 18.7. The van der Waals surface area contributed by atoms with Crippen LogP contribution < -0.4 is 56.9 Å². The van der Waals surface area contributed by atoms with Gasteiger partial charge in [0.15, 0.2) is 0 Å². The molecule has 232 valence electrons. The van der Waals surface area contributed by atoms with Crippen LogP contribution in [0.1, 0.15) is 33.1 Å². The lowest BCUT2D eigenvalue weighted by atomic mass is 10.2. The first-order chi connectivity index (χ1) is 20.2. The molecule has 0 N–H and O–H groups in total. The third-order valence-corrected chi connectivity index (χ3v) is 7.74. The van der Waals surface area contributed by atoms with Gasteiger partial charge >= 0.3 is 0 Å². The SMILES string of the molecule is CC[N+](CCOCCCCCOCC[N+](CC)(c1ccccn1)c1ccccn1)(c1ccccn1)c1ccccn1.[I-].[I-]. The van der Waals surface area contributed by atoms with Crippen molar-refractivity contribution in [3.63, 3.8) is 0 Å². The maximum Gasteiger partial charge on any atom is 0.233 e. The second-order valence-electron chi connectivity index (χ2n) is 10.1. The molecule has 0 atom stereocenters. The van der Waals surface area contributed by atoms with Gasteiger partial charge in [-0.15, -0.1) is 0 Å². The fourth-order valence-electron chi connectivity index (χ4n) is 5.31. The number of pyridine rings is 4. The number of hydrogen-bond acceptors (Lipinski definition) is 6. The largest absolute Gasteiger partial charge is 1.00 e. The first kappa shape index (κ1) is 37.1. The van der Waals surface area contributed by atoms with Crippen molar-refractivity contribution in [1.29, 1.82) is 0 Å². The Kier molecular flexibility index (Phi) is 17.3. The van der Waals surface area contributed by atoms with Gasteiger partial charge < -0.3 is 57.4 Å². The summed E-state index contributed by atoms with van der Waals surface area (Å²) in [6.45, 7) is 10.4. The Morgan fingerprint density at radius 1 is 0.465 bits per heavy atom. The molecular weight excluding hydrogens is 766 g/mol. The molecule has 4 aromatic heterocycles. The van der Waals surface area contributed by atoms with Gasteiger partial charge in [-0.2, -0.15) is 0 Å². The minimum atomic E-state index is 0. The summed E-state index contributed by atoms with van der Waals surface area (Å²) < 4.78 is 13.3. The molecule has 10 heteroatoms. The Morgan fingerprint density at radius 3 is 1.05 bits per heavy atom. The number of halogens is 2. The highest BCUT2D eigenvalue weighted by Gasteiger charge is 2.35. The minimum absolute atomic E-state index is 0. The monoisotopic (exact) mass is 810 g/mol. The molecule has 4 heterocycles. The van der Waals surface area contributed by atoms with Crippen LogP contribution in [0.15, 0.2) is 97.6 Å². The summed E-state index contributed by atoms with van der Waals surface area (Å²) in [5, 5.41) is 0. The van der Waals surface area contributed by atoms with Crippen molar-refractivity contribution in [2.45, 2.75) is 33.1 Å². The molecule has 0 saturated carbocycles. The van der Waals surface area contributed by atoms with E-state index in [1.807, 2.05) is 73.3 Å². The number of quaternary nitrogens is 2. The maximum atomic E-state index is 6.09. The van der Waals surface area contributed by atoms with Gasteiger partial charge in [0.25, 0.3) is 0 Å². The smallest absolute Gasteiger partial charge is 0.233 e. The lowest BCUT2D eigenvalue weighted by Crippen LogP contribution is -3.00. The van der Waals surface area contributed by atoms with Crippen LogP contribution in [-0.4, -0.2) is 72.5 Å². The first-order valence-electron chi connectivity index (χ1n) is 14.8. The van der Waals surface area contributed by atoms with E-state index in [9.17, 15) is 0 Å². The predicted octanol–water partition coefficient (Wildman–Crippen LogP) is 0.496. The van der Waals surface area contributed by atoms with Crippen LogP contribution in [0.4, 0.5) is 23.3 Å². The molecular formula is C33H44I2N6O2. The Labute approximate surface area is 291 Å². The Morgan fingerprint density at radius 2 is 0.791 bits per heavy atom. The van der Waals surface area contributed by atoms with Crippen molar-refractivity contribution in [3.8, 4) is 0 Å². The van der Waals surface area contributed by atoms with Crippen LogP contribution in [0.2, 0.25) is 0 Å². The van der Waals surface area contributed by atoms with Gasteiger partial charge in [0, 0.05) is 62.3 Å². The quantitative estimate of drug-likeness (QED) is 0.0830. The number of likely N-dealkylation sites (N-methyl/N-ethyl adjacent to an activating group) is 2. The van der Waals surface area contributed by atoms with Crippen LogP contribution in [0.25, 0.3) is 0 Å². The van der Waals surface area contributed by atoms with E-state index < -0.39 is 0 Å². The molecule has 0 aliphatic carbocycles. The number of aromatic nitrogens is 4. The standard InChI is InChI=1S/C33H44N6O2.2HI/c1-3-38(30-16-6-10-20-34-30,31-17-7-11-21-35-31)24-28-40-26-14-5-15-27-41-29-25-39(4-2,32-18-8-12-22-36-32)33-19-9-13-23-37-33;;/h6-13,16-23H,3-5,14-15,24-29H2,1-2H3;2*1H/q+2;;/p-2. The van der Waals surface area contributed by atoms with Crippen molar-refractivity contribution in [3.05, 3.63) is 97.6 Å². The second-order valence-corrected chi connectivity index (χ2v) is 10.1. The van der Waals surface area contributed by atoms with Crippen LogP contribution >= 0.6 is 0 Å². The lowest BCUT2D eigenvalue weighted by Gasteiger charge is -2.34. The molecule has 0 amide bonds. The average Bonchev–Trinajstić information content (AvgIpc) is 3.05. The van der Waals surface area contributed by atoms with Gasteiger partial charge in [-0.3, -0.25) is 0 Å². The fourth-order valence-corrected chi connectivity index (χ4v) is 5.31. The van der Waals surface area contributed by atoms with Gasteiger partial charge in [-0.1, -0.05) is 24.3 Å². The van der Waals surface area contributed by atoms with Crippen molar-refractivity contribution in [2.24, 2.45) is 0 Å². The zero-order valence-electron chi connectivity index (χ0n) is 25.3. The Hall–Kier alpha value is -2.10. The van der Waals surface area contributed by atoms with Crippen LogP contribution in [-0.2, 0) is 9.47 Å². The zero-order chi connectivity index (χ0) is 28.6. The summed E-state index contributed by atoms with van der Waals surface area (Å²) in [6, 6.07) is 24.3. The van der Waals surface area contributed by atoms with Gasteiger partial charge in [-0.05, 0) is 57.4 Å². The molecule has 0 unspecified atom stereocenters. The number of rotatable bonds is 18. The zero-order valence-corrected chi connectivity index (χ0v) is 29.6. The van der Waals surface area contributed by atoms with E-state index in [0.29, 0.717) is 22.2 Å². The third kappa shape index (κ3) is 9.95. The van der Waals surface area contributed by atoms with E-state index >= 15 is 0 Å². The number of hydrogen-bond donors (Lipinski definition) is 0. The topological polar surface area (TPSA) is 70.0 Å². The molecule has 4 aromatic rings. The van der Waals surface area contributed by atoms with E-state index in [4.69, 9.17) is 9.47 Å². The van der Waals surface area contributed by atoms with E-state index in [2.05, 4.69) is 58.0 Å². The molecule has 0 saturated heterocycles. The molecule has 4 rings (SSSR count). The second kappa shape index (κ2) is 20.0. The van der Waals surface area contributed by atoms with Crippen molar-refractivity contribution in [1.82, 2.24) is 28.9 Å². The van der Waals surface area contributed by atoms with E-state index in [1.54, 1.807) is 0 Å². The summed E-state index contributed by atoms with van der Waals surface area (Å²) in [7, 11) is 0. The summed E-state index contributed by atoms with van der Waals surface area (Å²) in [5.74, 6) is 3.97. The average molecular weight is 811 g/mol. The summed E-state index contributed by atoms with van der Waals surface area (Å²) in [5.41, 5.74) is 0. The molecule has 0 fully saturated rings. The van der Waals surface area contributed by atoms with Gasteiger partial charge in [-0.25, -0.2) is 28.9 Å². The molecule has 0 bridgehead atoms. The van der Waals surface area contributed by atoms with Crippen molar-refractivity contribution in [2.75, 3.05) is 52.6 Å². The lowest BCUT2D eigenvalue weighted by molar-refractivity contribution is -0.001000. The fraction of sp³-hybridized carbons (Fsp3) is 0.394. The normalized spacial score (nSPS) is 11.4. The maximum absolute atomic E-state index is 6.09. The summed E-state index contributed by atoms with van der Waals surface area (Å²) >= 11 is 0. The number of unbranched alkanes of at least 4 members (excludes halogenated alkanes) is 2. The van der Waals surface area contributed by atoms with Crippen LogP contribution in [0.3, 0.4) is 0 Å². The highest BCUT2D eigenvalue weighted by atomic mass is 127. The first-order valence-corrected chi connectivity index (χ1v) is 14.8. The van der Waals surface area contributed by atoms with Gasteiger partial charge in [0.1, 0.15) is 13.1 Å². The number of nitrogens with zero attached hydrogens (tertiary/aromatic N) is 6. The molecule has 0 spiro atoms. The highest BCUT2D eigenvalue weighted by Crippen LogP contribution is 2.31. The molecule has 0 aliphatic heterocycles.